The van der Waals surface area contributed by atoms with Gasteiger partial charge in [0, 0.05) is 22.3 Å². The Morgan fingerprint density at radius 3 is 2.19 bits per heavy atom. The zero-order chi connectivity index (χ0) is 12.1. The van der Waals surface area contributed by atoms with Crippen LogP contribution in [0.25, 0.3) is 0 Å². The van der Waals surface area contributed by atoms with Gasteiger partial charge in [-0.15, -0.1) is 0 Å². The Bertz CT molecular complexity index is 320. The number of anilines is 1. The molecule has 0 spiro atoms. The van der Waals surface area contributed by atoms with Gasteiger partial charge in [-0.2, -0.15) is 0 Å². The van der Waals surface area contributed by atoms with Gasteiger partial charge in [0.15, 0.2) is 0 Å². The van der Waals surface area contributed by atoms with Crippen LogP contribution in [-0.2, 0) is 0 Å². The molecule has 1 unspecified atom stereocenters. The van der Waals surface area contributed by atoms with Gasteiger partial charge in [-0.05, 0) is 36.6 Å². The summed E-state index contributed by atoms with van der Waals surface area (Å²) in [5.74, 6) is 1.02. The van der Waals surface area contributed by atoms with E-state index in [9.17, 15) is 0 Å². The molecule has 1 aromatic rings. The largest absolute Gasteiger partial charge is 0.385 e. The minimum absolute atomic E-state index is 0.456. The first-order valence-corrected chi connectivity index (χ1v) is 6.18. The first-order chi connectivity index (χ1) is 7.52. The van der Waals surface area contributed by atoms with Crippen LogP contribution in [-0.4, -0.2) is 13.1 Å². The number of halogens is 2. The van der Waals surface area contributed by atoms with Crippen molar-refractivity contribution in [3.63, 3.8) is 0 Å². The van der Waals surface area contributed by atoms with Gasteiger partial charge in [-0.3, -0.25) is 0 Å². The fraction of sp³-hybridized carbons (Fsp3) is 0.500. The molecule has 1 rings (SSSR count). The van der Waals surface area contributed by atoms with Gasteiger partial charge >= 0.3 is 0 Å². The third-order valence-corrected chi connectivity index (χ3v) is 3.11. The van der Waals surface area contributed by atoms with E-state index in [4.69, 9.17) is 28.9 Å². The molecule has 0 saturated heterocycles. The summed E-state index contributed by atoms with van der Waals surface area (Å²) >= 11 is 11.8. The van der Waals surface area contributed by atoms with Crippen molar-refractivity contribution in [1.82, 2.24) is 0 Å². The molecule has 16 heavy (non-hydrogen) atoms. The van der Waals surface area contributed by atoms with Crippen LogP contribution in [0.1, 0.15) is 13.8 Å². The molecule has 2 nitrogen and oxygen atoms in total. The predicted molar refractivity (Wildman–Crippen MR) is 72.3 cm³/mol. The van der Waals surface area contributed by atoms with Crippen LogP contribution >= 0.6 is 23.2 Å². The molecule has 1 aromatic carbocycles. The maximum absolute atomic E-state index is 5.91. The smallest absolute Gasteiger partial charge is 0.0441 e. The summed E-state index contributed by atoms with van der Waals surface area (Å²) in [6, 6.07) is 5.44. The second-order valence-corrected chi connectivity index (χ2v) is 5.15. The van der Waals surface area contributed by atoms with Crippen molar-refractivity contribution >= 4 is 28.9 Å². The topological polar surface area (TPSA) is 38.0 Å². The Morgan fingerprint density at radius 1 is 1.19 bits per heavy atom. The highest BCUT2D eigenvalue weighted by Gasteiger charge is 2.10. The first-order valence-electron chi connectivity index (χ1n) is 5.43. The number of nitrogens with two attached hydrogens (primary N) is 1. The van der Waals surface area contributed by atoms with Crippen LogP contribution in [0.5, 0.6) is 0 Å². The van der Waals surface area contributed by atoms with Crippen molar-refractivity contribution in [2.45, 2.75) is 13.8 Å². The second-order valence-electron chi connectivity index (χ2n) is 4.28. The lowest BCUT2D eigenvalue weighted by Gasteiger charge is -2.20. The van der Waals surface area contributed by atoms with Crippen molar-refractivity contribution in [2.75, 3.05) is 18.4 Å². The molecule has 4 heteroatoms. The molecular formula is C12H18Cl2N2. The molecule has 0 amide bonds. The van der Waals surface area contributed by atoms with Crippen molar-refractivity contribution in [3.05, 3.63) is 28.2 Å². The standard InChI is InChI=1S/C12H18Cl2N2/c1-8(2)9(6-15)7-16-12-4-10(13)3-11(14)5-12/h3-5,8-9,16H,6-7,15H2,1-2H3. The molecule has 0 bridgehead atoms. The average molecular weight is 261 g/mol. The van der Waals surface area contributed by atoms with Gasteiger partial charge in [0.1, 0.15) is 0 Å². The molecule has 0 saturated carbocycles. The monoisotopic (exact) mass is 260 g/mol. The van der Waals surface area contributed by atoms with Crippen LogP contribution in [0.3, 0.4) is 0 Å². The number of benzene rings is 1. The quantitative estimate of drug-likeness (QED) is 0.849. The lowest BCUT2D eigenvalue weighted by atomic mass is 9.96. The van der Waals surface area contributed by atoms with Crippen molar-refractivity contribution in [2.24, 2.45) is 17.6 Å². The van der Waals surface area contributed by atoms with Gasteiger partial charge in [-0.1, -0.05) is 37.0 Å². The Balaban J connectivity index is 2.60. The van der Waals surface area contributed by atoms with E-state index in [0.29, 0.717) is 28.4 Å². The van der Waals surface area contributed by atoms with E-state index >= 15 is 0 Å². The molecule has 0 fully saturated rings. The summed E-state index contributed by atoms with van der Waals surface area (Å²) in [6.45, 7) is 5.86. The highest BCUT2D eigenvalue weighted by atomic mass is 35.5. The van der Waals surface area contributed by atoms with E-state index in [2.05, 4.69) is 19.2 Å². The van der Waals surface area contributed by atoms with E-state index in [1.54, 1.807) is 6.07 Å². The lowest BCUT2D eigenvalue weighted by Crippen LogP contribution is -2.27. The highest BCUT2D eigenvalue weighted by molar-refractivity contribution is 6.35. The number of rotatable bonds is 5. The molecular weight excluding hydrogens is 243 g/mol. The Kier molecular flexibility index (Phi) is 5.39. The van der Waals surface area contributed by atoms with Crippen LogP contribution in [0.15, 0.2) is 18.2 Å². The molecule has 3 N–H and O–H groups in total. The van der Waals surface area contributed by atoms with Crippen LogP contribution in [0.2, 0.25) is 10.0 Å². The first kappa shape index (κ1) is 13.6. The Labute approximate surface area is 107 Å². The summed E-state index contributed by atoms with van der Waals surface area (Å²) in [7, 11) is 0. The van der Waals surface area contributed by atoms with Crippen LogP contribution < -0.4 is 11.1 Å². The Hall–Kier alpha value is -0.440. The molecule has 0 aliphatic rings. The lowest BCUT2D eigenvalue weighted by molar-refractivity contribution is 0.413. The SMILES string of the molecule is CC(C)C(CN)CNc1cc(Cl)cc(Cl)c1. The van der Waals surface area contributed by atoms with Gasteiger partial charge < -0.3 is 11.1 Å². The summed E-state index contributed by atoms with van der Waals surface area (Å²) in [5, 5.41) is 4.59. The fourth-order valence-corrected chi connectivity index (χ4v) is 2.02. The molecule has 0 heterocycles. The number of nitrogens with one attached hydrogen (secondary N) is 1. The summed E-state index contributed by atoms with van der Waals surface area (Å²) in [6.07, 6.45) is 0. The molecule has 90 valence electrons. The average Bonchev–Trinajstić information content (AvgIpc) is 2.16. The van der Waals surface area contributed by atoms with Gasteiger partial charge in [0.05, 0.1) is 0 Å². The zero-order valence-electron chi connectivity index (χ0n) is 9.63. The number of hydrogen-bond acceptors (Lipinski definition) is 2. The van der Waals surface area contributed by atoms with Gasteiger partial charge in [0.25, 0.3) is 0 Å². The summed E-state index contributed by atoms with van der Waals surface area (Å²) < 4.78 is 0. The molecule has 0 aliphatic heterocycles. The Morgan fingerprint density at radius 2 is 1.75 bits per heavy atom. The molecule has 0 aromatic heterocycles. The molecule has 0 radical (unpaired) electrons. The maximum Gasteiger partial charge on any atom is 0.0441 e. The normalized spacial score (nSPS) is 12.9. The predicted octanol–water partition coefficient (Wildman–Crippen LogP) is 3.64. The second kappa shape index (κ2) is 6.33. The zero-order valence-corrected chi connectivity index (χ0v) is 11.1. The highest BCUT2D eigenvalue weighted by Crippen LogP contribution is 2.23. The third-order valence-electron chi connectivity index (χ3n) is 2.68. The van der Waals surface area contributed by atoms with E-state index in [1.807, 2.05) is 12.1 Å². The van der Waals surface area contributed by atoms with Crippen molar-refractivity contribution < 1.29 is 0 Å². The summed E-state index contributed by atoms with van der Waals surface area (Å²) in [5.41, 5.74) is 6.65. The number of hydrogen-bond donors (Lipinski definition) is 2. The van der Waals surface area contributed by atoms with Gasteiger partial charge in [0.2, 0.25) is 0 Å². The third kappa shape index (κ3) is 4.20. The molecule has 0 aliphatic carbocycles. The minimum Gasteiger partial charge on any atom is -0.385 e. The van der Waals surface area contributed by atoms with E-state index < -0.39 is 0 Å². The van der Waals surface area contributed by atoms with E-state index in [1.165, 1.54) is 0 Å². The van der Waals surface area contributed by atoms with Crippen molar-refractivity contribution in [1.29, 1.82) is 0 Å². The van der Waals surface area contributed by atoms with E-state index in [0.717, 1.165) is 12.2 Å². The summed E-state index contributed by atoms with van der Waals surface area (Å²) in [4.78, 5) is 0. The molecule has 1 atom stereocenters. The van der Waals surface area contributed by atoms with Crippen LogP contribution in [0.4, 0.5) is 5.69 Å². The van der Waals surface area contributed by atoms with E-state index in [-0.39, 0.29) is 0 Å². The van der Waals surface area contributed by atoms with Crippen LogP contribution in [0, 0.1) is 11.8 Å². The maximum atomic E-state index is 5.91. The van der Waals surface area contributed by atoms with Gasteiger partial charge in [-0.25, -0.2) is 0 Å². The fourth-order valence-electron chi connectivity index (χ4n) is 1.50. The minimum atomic E-state index is 0.456. The van der Waals surface area contributed by atoms with Crippen molar-refractivity contribution in [3.8, 4) is 0 Å².